The number of Topliss-reactive ketones (excluding diaryl/α,β-unsaturated/α-hetero) is 1. The average Bonchev–Trinajstić information content (AvgIpc) is 2.81. The molecule has 1 aliphatic rings. The maximum absolute atomic E-state index is 13.1. The predicted octanol–water partition coefficient (Wildman–Crippen LogP) is 3.59. The molecule has 1 amide bonds. The lowest BCUT2D eigenvalue weighted by Gasteiger charge is -2.22. The number of ether oxygens (including phenoxy) is 1. The van der Waals surface area contributed by atoms with E-state index in [-0.39, 0.29) is 12.2 Å². The minimum atomic E-state index is -1.78. The van der Waals surface area contributed by atoms with Gasteiger partial charge in [-0.3, -0.25) is 9.59 Å². The number of fused-ring (bicyclic) bond motifs is 1. The van der Waals surface area contributed by atoms with Crippen LogP contribution in [-0.4, -0.2) is 29.9 Å². The van der Waals surface area contributed by atoms with Crippen molar-refractivity contribution < 1.29 is 19.4 Å². The van der Waals surface area contributed by atoms with Crippen LogP contribution in [0.15, 0.2) is 36.4 Å². The first kappa shape index (κ1) is 20.1. The average molecular weight is 381 g/mol. The van der Waals surface area contributed by atoms with Gasteiger partial charge in [0.05, 0.1) is 12.3 Å². The minimum absolute atomic E-state index is 0.210. The Morgan fingerprint density at radius 2 is 1.79 bits per heavy atom. The zero-order valence-corrected chi connectivity index (χ0v) is 16.9. The van der Waals surface area contributed by atoms with Crippen LogP contribution in [0.25, 0.3) is 0 Å². The van der Waals surface area contributed by atoms with Crippen LogP contribution in [0.3, 0.4) is 0 Å². The van der Waals surface area contributed by atoms with E-state index >= 15 is 0 Å². The molecule has 0 spiro atoms. The van der Waals surface area contributed by atoms with Crippen molar-refractivity contribution in [1.29, 1.82) is 0 Å². The maximum Gasteiger partial charge on any atom is 0.264 e. The van der Waals surface area contributed by atoms with Crippen molar-refractivity contribution in [3.05, 3.63) is 58.7 Å². The minimum Gasteiger partial charge on any atom is -0.494 e. The van der Waals surface area contributed by atoms with E-state index in [0.717, 1.165) is 22.6 Å². The van der Waals surface area contributed by atoms with Gasteiger partial charge in [-0.15, -0.1) is 0 Å². The Morgan fingerprint density at radius 1 is 1.11 bits per heavy atom. The predicted molar refractivity (Wildman–Crippen MR) is 109 cm³/mol. The Labute approximate surface area is 165 Å². The smallest absolute Gasteiger partial charge is 0.264 e. The number of benzene rings is 2. The molecule has 0 aliphatic carbocycles. The summed E-state index contributed by atoms with van der Waals surface area (Å²) in [4.78, 5) is 26.4. The van der Waals surface area contributed by atoms with E-state index in [1.807, 2.05) is 57.2 Å². The summed E-state index contributed by atoms with van der Waals surface area (Å²) in [5.74, 6) is 0.144. The summed E-state index contributed by atoms with van der Waals surface area (Å²) >= 11 is 0. The highest BCUT2D eigenvalue weighted by Gasteiger charge is 2.50. The van der Waals surface area contributed by atoms with Gasteiger partial charge in [0, 0.05) is 18.5 Å². The topological polar surface area (TPSA) is 66.8 Å². The number of amides is 1. The molecule has 0 saturated heterocycles. The number of aliphatic hydroxyl groups is 1. The molecule has 0 bridgehead atoms. The summed E-state index contributed by atoms with van der Waals surface area (Å²) in [6, 6.07) is 11.6. The van der Waals surface area contributed by atoms with Crippen molar-refractivity contribution in [2.45, 2.75) is 46.1 Å². The molecule has 0 unspecified atom stereocenters. The zero-order chi connectivity index (χ0) is 20.5. The van der Waals surface area contributed by atoms with E-state index in [0.29, 0.717) is 25.1 Å². The van der Waals surface area contributed by atoms with E-state index in [4.69, 9.17) is 4.74 Å². The molecule has 5 heteroatoms. The number of nitrogens with zero attached hydrogens (tertiary/aromatic N) is 1. The Morgan fingerprint density at radius 3 is 2.43 bits per heavy atom. The van der Waals surface area contributed by atoms with Gasteiger partial charge in [-0.05, 0) is 51.8 Å². The number of carbonyl (C=O) groups is 2. The molecule has 1 heterocycles. The second kappa shape index (κ2) is 7.76. The lowest BCUT2D eigenvalue weighted by Crippen LogP contribution is -2.42. The van der Waals surface area contributed by atoms with Crippen molar-refractivity contribution in [3.63, 3.8) is 0 Å². The Kier molecular flexibility index (Phi) is 5.57. The summed E-state index contributed by atoms with van der Waals surface area (Å²) in [7, 11) is 0. The van der Waals surface area contributed by atoms with Crippen LogP contribution in [0.5, 0.6) is 5.75 Å². The van der Waals surface area contributed by atoms with Crippen LogP contribution < -0.4 is 9.64 Å². The number of hydrogen-bond acceptors (Lipinski definition) is 4. The van der Waals surface area contributed by atoms with Crippen LogP contribution in [0.4, 0.5) is 5.69 Å². The van der Waals surface area contributed by atoms with Gasteiger partial charge in [-0.1, -0.05) is 35.4 Å². The molecule has 2 aromatic rings. The molecule has 28 heavy (non-hydrogen) atoms. The van der Waals surface area contributed by atoms with E-state index in [1.165, 1.54) is 12.5 Å². The van der Waals surface area contributed by atoms with Gasteiger partial charge < -0.3 is 14.7 Å². The first-order valence-corrected chi connectivity index (χ1v) is 9.57. The summed E-state index contributed by atoms with van der Waals surface area (Å²) in [5.41, 5.74) is 2.51. The van der Waals surface area contributed by atoms with Crippen LogP contribution >= 0.6 is 0 Å². The van der Waals surface area contributed by atoms with E-state index in [1.54, 1.807) is 4.90 Å². The largest absolute Gasteiger partial charge is 0.494 e. The molecule has 1 atom stereocenters. The summed E-state index contributed by atoms with van der Waals surface area (Å²) in [6.45, 7) is 8.14. The molecule has 0 saturated carbocycles. The third-order valence-corrected chi connectivity index (χ3v) is 5.08. The van der Waals surface area contributed by atoms with Crippen LogP contribution in [-0.2, 0) is 15.2 Å². The second-order valence-electron chi connectivity index (χ2n) is 7.69. The van der Waals surface area contributed by atoms with Gasteiger partial charge >= 0.3 is 0 Å². The molecular weight excluding hydrogens is 354 g/mol. The van der Waals surface area contributed by atoms with Crippen LogP contribution in [0.2, 0.25) is 0 Å². The van der Waals surface area contributed by atoms with Gasteiger partial charge in [0.25, 0.3) is 5.91 Å². The third kappa shape index (κ3) is 3.80. The van der Waals surface area contributed by atoms with Crippen LogP contribution in [0, 0.1) is 20.8 Å². The SMILES string of the molecule is CC(=O)C[C@@]1(O)C(=O)N(CCCOc2ccc(C)cc2)c2c(C)cc(C)cc21. The Hall–Kier alpha value is -2.66. The van der Waals surface area contributed by atoms with Gasteiger partial charge in [0.1, 0.15) is 11.5 Å². The quantitative estimate of drug-likeness (QED) is 0.744. The van der Waals surface area contributed by atoms with Crippen molar-refractivity contribution in [1.82, 2.24) is 0 Å². The summed E-state index contributed by atoms with van der Waals surface area (Å²) < 4.78 is 5.76. The van der Waals surface area contributed by atoms with E-state index in [2.05, 4.69) is 0 Å². The van der Waals surface area contributed by atoms with Gasteiger partial charge in [0.2, 0.25) is 0 Å². The number of ketones is 1. The Bertz CT molecular complexity index is 904. The Balaban J connectivity index is 1.77. The number of rotatable bonds is 7. The second-order valence-corrected chi connectivity index (χ2v) is 7.69. The molecule has 2 aromatic carbocycles. The molecule has 1 aliphatic heterocycles. The summed E-state index contributed by atoms with van der Waals surface area (Å²) in [5, 5.41) is 11.1. The fourth-order valence-electron chi connectivity index (χ4n) is 3.87. The molecule has 0 aromatic heterocycles. The molecule has 1 N–H and O–H groups in total. The number of hydrogen-bond donors (Lipinski definition) is 1. The molecule has 3 rings (SSSR count). The monoisotopic (exact) mass is 381 g/mol. The molecule has 5 nitrogen and oxygen atoms in total. The maximum atomic E-state index is 13.1. The van der Waals surface area contributed by atoms with Gasteiger partial charge in [0.15, 0.2) is 5.60 Å². The van der Waals surface area contributed by atoms with Crippen molar-refractivity contribution in [3.8, 4) is 5.75 Å². The number of aryl methyl sites for hydroxylation is 3. The number of carbonyl (C=O) groups excluding carboxylic acids is 2. The molecule has 148 valence electrons. The first-order chi connectivity index (χ1) is 13.2. The van der Waals surface area contributed by atoms with Crippen molar-refractivity contribution in [2.24, 2.45) is 0 Å². The lowest BCUT2D eigenvalue weighted by atomic mass is 9.88. The standard InChI is InChI=1S/C23H27NO4/c1-15-6-8-19(9-7-15)28-11-5-10-24-21-17(3)12-16(2)13-20(21)23(27,22(24)26)14-18(4)25/h6-9,12-13,27H,5,10-11,14H2,1-4H3/t23-/m0/s1. The highest BCUT2D eigenvalue weighted by Crippen LogP contribution is 2.45. The van der Waals surface area contributed by atoms with Crippen molar-refractivity contribution >= 4 is 17.4 Å². The fourth-order valence-corrected chi connectivity index (χ4v) is 3.87. The molecule has 0 radical (unpaired) electrons. The highest BCUT2D eigenvalue weighted by atomic mass is 16.5. The first-order valence-electron chi connectivity index (χ1n) is 9.57. The van der Waals surface area contributed by atoms with Crippen LogP contribution in [0.1, 0.15) is 42.0 Å². The van der Waals surface area contributed by atoms with E-state index < -0.39 is 11.5 Å². The highest BCUT2D eigenvalue weighted by molar-refractivity contribution is 6.09. The van der Waals surface area contributed by atoms with E-state index in [9.17, 15) is 14.7 Å². The fraction of sp³-hybridized carbons (Fsp3) is 0.391. The van der Waals surface area contributed by atoms with Crippen molar-refractivity contribution in [2.75, 3.05) is 18.1 Å². The normalized spacial score (nSPS) is 18.3. The summed E-state index contributed by atoms with van der Waals surface area (Å²) in [6.07, 6.45) is 0.403. The lowest BCUT2D eigenvalue weighted by molar-refractivity contribution is -0.141. The number of anilines is 1. The molecule has 0 fully saturated rings. The van der Waals surface area contributed by atoms with Gasteiger partial charge in [-0.25, -0.2) is 0 Å². The molecular formula is C23H27NO4. The third-order valence-electron chi connectivity index (χ3n) is 5.08. The zero-order valence-electron chi connectivity index (χ0n) is 16.9. The van der Waals surface area contributed by atoms with Gasteiger partial charge in [-0.2, -0.15) is 0 Å².